The van der Waals surface area contributed by atoms with Gasteiger partial charge in [-0.25, -0.2) is 5.43 Å². The average Bonchev–Trinajstić information content (AvgIpc) is 2.85. The highest BCUT2D eigenvalue weighted by atomic mass is 19.4. The van der Waals surface area contributed by atoms with E-state index in [0.717, 1.165) is 23.3 Å². The van der Waals surface area contributed by atoms with Crippen LogP contribution in [0.15, 0.2) is 71.8 Å². The van der Waals surface area contributed by atoms with Crippen LogP contribution < -0.4 is 20.8 Å². The van der Waals surface area contributed by atoms with Crippen molar-refractivity contribution in [3.63, 3.8) is 0 Å². The summed E-state index contributed by atoms with van der Waals surface area (Å²) < 4.78 is 44.4. The number of para-hydroxylation sites is 2. The maximum atomic E-state index is 13.0. The first-order chi connectivity index (χ1) is 17.5. The SMILES string of the molecule is Cc1cccc(C)c1NC(=O)C(=O)N/N=C\c1ccc(OCC(=O)Nc2ccccc2C(F)(F)F)cc1. The molecule has 0 spiro atoms. The standard InChI is InChI=1S/C26H23F3N4O4/c1-16-6-5-7-17(2)23(16)32-24(35)25(36)33-30-14-18-10-12-19(13-11-18)37-15-22(34)31-21-9-4-3-8-20(21)26(27,28)29/h3-14H,15H2,1-2H3,(H,31,34)(H,32,35)(H,33,36)/b30-14-. The number of nitrogens with one attached hydrogen (secondary N) is 3. The largest absolute Gasteiger partial charge is 0.484 e. The first-order valence-electron chi connectivity index (χ1n) is 10.9. The molecule has 11 heteroatoms. The van der Waals surface area contributed by atoms with Gasteiger partial charge in [-0.3, -0.25) is 14.4 Å². The zero-order chi connectivity index (χ0) is 27.0. The Bertz CT molecular complexity index is 1300. The lowest BCUT2D eigenvalue weighted by atomic mass is 10.1. The first-order valence-corrected chi connectivity index (χ1v) is 10.9. The quantitative estimate of drug-likeness (QED) is 0.247. The molecule has 8 nitrogen and oxygen atoms in total. The van der Waals surface area contributed by atoms with E-state index in [1.807, 2.05) is 32.0 Å². The average molecular weight is 512 g/mol. The summed E-state index contributed by atoms with van der Waals surface area (Å²) in [5.74, 6) is -2.29. The predicted molar refractivity (Wildman–Crippen MR) is 132 cm³/mol. The Morgan fingerprint density at radius 2 is 1.51 bits per heavy atom. The Balaban J connectivity index is 1.48. The molecule has 3 aromatic carbocycles. The molecule has 0 bridgehead atoms. The number of nitrogens with zero attached hydrogens (tertiary/aromatic N) is 1. The molecule has 3 aromatic rings. The van der Waals surface area contributed by atoms with Crippen LogP contribution in [0.3, 0.4) is 0 Å². The molecule has 0 atom stereocenters. The number of aryl methyl sites for hydroxylation is 2. The molecule has 0 heterocycles. The molecule has 3 N–H and O–H groups in total. The van der Waals surface area contributed by atoms with E-state index in [1.54, 1.807) is 12.1 Å². The number of halogens is 3. The van der Waals surface area contributed by atoms with Gasteiger partial charge in [0, 0.05) is 5.69 Å². The number of anilines is 2. The number of amides is 3. The summed E-state index contributed by atoms with van der Waals surface area (Å²) in [4.78, 5) is 36.2. The molecule has 0 saturated carbocycles. The third kappa shape index (κ3) is 7.66. The highest BCUT2D eigenvalue weighted by Gasteiger charge is 2.33. The molecule has 0 aliphatic carbocycles. The molecule has 0 fully saturated rings. The number of ether oxygens (including phenoxy) is 1. The Labute approximate surface area is 210 Å². The van der Waals surface area contributed by atoms with Crippen molar-refractivity contribution in [2.75, 3.05) is 17.2 Å². The second kappa shape index (κ2) is 11.8. The van der Waals surface area contributed by atoms with Gasteiger partial charge in [-0.1, -0.05) is 30.3 Å². The number of carbonyl (C=O) groups is 3. The molecule has 37 heavy (non-hydrogen) atoms. The molecule has 0 aromatic heterocycles. The Kier molecular flexibility index (Phi) is 8.62. The van der Waals surface area contributed by atoms with Gasteiger partial charge in [0.25, 0.3) is 5.91 Å². The van der Waals surface area contributed by atoms with E-state index in [1.165, 1.54) is 30.5 Å². The van der Waals surface area contributed by atoms with Crippen molar-refractivity contribution < 1.29 is 32.3 Å². The van der Waals surface area contributed by atoms with Crippen molar-refractivity contribution in [1.82, 2.24) is 5.43 Å². The monoisotopic (exact) mass is 512 g/mol. The molecular weight excluding hydrogens is 489 g/mol. The van der Waals surface area contributed by atoms with Gasteiger partial charge in [0.2, 0.25) is 0 Å². The third-order valence-corrected chi connectivity index (χ3v) is 5.06. The normalized spacial score (nSPS) is 11.2. The fourth-order valence-electron chi connectivity index (χ4n) is 3.22. The van der Waals surface area contributed by atoms with Crippen LogP contribution in [0.2, 0.25) is 0 Å². The summed E-state index contributed by atoms with van der Waals surface area (Å²) in [6, 6.07) is 16.2. The zero-order valence-electron chi connectivity index (χ0n) is 19.8. The number of rotatable bonds is 7. The molecule has 0 saturated heterocycles. The lowest BCUT2D eigenvalue weighted by molar-refractivity contribution is -0.137. The number of carbonyl (C=O) groups excluding carboxylic acids is 3. The van der Waals surface area contributed by atoms with Gasteiger partial charge in [-0.05, 0) is 66.9 Å². The van der Waals surface area contributed by atoms with Gasteiger partial charge < -0.3 is 15.4 Å². The van der Waals surface area contributed by atoms with Crippen molar-refractivity contribution in [3.8, 4) is 5.75 Å². The number of benzene rings is 3. The van der Waals surface area contributed by atoms with Crippen LogP contribution in [0.1, 0.15) is 22.3 Å². The van der Waals surface area contributed by atoms with Crippen molar-refractivity contribution in [2.24, 2.45) is 5.10 Å². The minimum Gasteiger partial charge on any atom is -0.484 e. The maximum Gasteiger partial charge on any atom is 0.418 e. The lowest BCUT2D eigenvalue weighted by Gasteiger charge is -2.13. The molecule has 0 unspecified atom stereocenters. The molecule has 0 radical (unpaired) electrons. The van der Waals surface area contributed by atoms with Gasteiger partial charge >= 0.3 is 18.0 Å². The van der Waals surface area contributed by atoms with Crippen LogP contribution in [0, 0.1) is 13.8 Å². The van der Waals surface area contributed by atoms with Crippen molar-refractivity contribution >= 4 is 35.3 Å². The van der Waals surface area contributed by atoms with Gasteiger partial charge in [-0.2, -0.15) is 18.3 Å². The van der Waals surface area contributed by atoms with Crippen molar-refractivity contribution in [1.29, 1.82) is 0 Å². The number of hydrogen-bond acceptors (Lipinski definition) is 5. The Morgan fingerprint density at radius 3 is 2.16 bits per heavy atom. The molecule has 192 valence electrons. The number of alkyl halides is 3. The summed E-state index contributed by atoms with van der Waals surface area (Å²) in [6.45, 7) is 3.11. The van der Waals surface area contributed by atoms with Crippen LogP contribution in [0.25, 0.3) is 0 Å². The Hall–Kier alpha value is -4.67. The molecule has 0 aliphatic rings. The van der Waals surface area contributed by atoms with Gasteiger partial charge in [0.15, 0.2) is 6.61 Å². The van der Waals surface area contributed by atoms with Crippen LogP contribution in [-0.4, -0.2) is 30.5 Å². The van der Waals surface area contributed by atoms with Gasteiger partial charge in [0.05, 0.1) is 17.5 Å². The molecule has 0 aliphatic heterocycles. The number of hydrazone groups is 1. The highest BCUT2D eigenvalue weighted by molar-refractivity contribution is 6.39. The van der Waals surface area contributed by atoms with Gasteiger partial charge in [0.1, 0.15) is 5.75 Å². The van der Waals surface area contributed by atoms with Crippen LogP contribution in [-0.2, 0) is 20.6 Å². The predicted octanol–water partition coefficient (Wildman–Crippen LogP) is 4.43. The summed E-state index contributed by atoms with van der Waals surface area (Å²) in [6.07, 6.45) is -3.31. The topological polar surface area (TPSA) is 109 Å². The van der Waals surface area contributed by atoms with Crippen LogP contribution in [0.5, 0.6) is 5.75 Å². The van der Waals surface area contributed by atoms with E-state index in [2.05, 4.69) is 21.2 Å². The fraction of sp³-hybridized carbons (Fsp3) is 0.154. The van der Waals surface area contributed by atoms with Crippen molar-refractivity contribution in [3.05, 3.63) is 89.0 Å². The smallest absolute Gasteiger partial charge is 0.418 e. The maximum absolute atomic E-state index is 13.0. The zero-order valence-corrected chi connectivity index (χ0v) is 19.8. The first kappa shape index (κ1) is 26.9. The van der Waals surface area contributed by atoms with E-state index in [0.29, 0.717) is 11.3 Å². The van der Waals surface area contributed by atoms with Crippen LogP contribution in [0.4, 0.5) is 24.5 Å². The summed E-state index contributed by atoms with van der Waals surface area (Å²) in [7, 11) is 0. The van der Waals surface area contributed by atoms with E-state index >= 15 is 0 Å². The van der Waals surface area contributed by atoms with Crippen LogP contribution >= 0.6 is 0 Å². The second-order valence-corrected chi connectivity index (χ2v) is 7.87. The summed E-state index contributed by atoms with van der Waals surface area (Å²) >= 11 is 0. The van der Waals surface area contributed by atoms with Gasteiger partial charge in [-0.15, -0.1) is 0 Å². The molecule has 3 amide bonds. The minimum atomic E-state index is -4.61. The fourth-order valence-corrected chi connectivity index (χ4v) is 3.22. The molecule has 3 rings (SSSR count). The van der Waals surface area contributed by atoms with E-state index in [4.69, 9.17) is 4.74 Å². The number of hydrogen-bond donors (Lipinski definition) is 3. The lowest BCUT2D eigenvalue weighted by Crippen LogP contribution is -2.32. The summed E-state index contributed by atoms with van der Waals surface area (Å²) in [5.41, 5.74) is 3.55. The minimum absolute atomic E-state index is 0.286. The summed E-state index contributed by atoms with van der Waals surface area (Å²) in [5, 5.41) is 8.49. The van der Waals surface area contributed by atoms with Crippen molar-refractivity contribution in [2.45, 2.75) is 20.0 Å². The van der Waals surface area contributed by atoms with E-state index in [-0.39, 0.29) is 11.4 Å². The molecular formula is C26H23F3N4O4. The van der Waals surface area contributed by atoms with E-state index in [9.17, 15) is 27.6 Å². The highest BCUT2D eigenvalue weighted by Crippen LogP contribution is 2.34. The van der Waals surface area contributed by atoms with E-state index < -0.39 is 36.1 Å². The Morgan fingerprint density at radius 1 is 0.865 bits per heavy atom. The second-order valence-electron chi connectivity index (χ2n) is 7.87. The third-order valence-electron chi connectivity index (χ3n) is 5.06.